The van der Waals surface area contributed by atoms with E-state index in [1.54, 1.807) is 0 Å². The Kier molecular flexibility index (Phi) is 8.57. The van der Waals surface area contributed by atoms with Crippen LogP contribution in [0.1, 0.15) is 49.3 Å². The highest BCUT2D eigenvalue weighted by Gasteiger charge is 2.15. The van der Waals surface area contributed by atoms with Gasteiger partial charge >= 0.3 is 11.9 Å². The quantitative estimate of drug-likeness (QED) is 0.204. The monoisotopic (exact) mass is 495 g/mol. The SMILES string of the molecule is CCCCCCc1ccc(-n2c(-c3ccc(CC(=O)O)cc3)ccc2-c2ccc(CC(=O)O)cc2)cc1. The maximum Gasteiger partial charge on any atom is 0.307 e. The van der Waals surface area contributed by atoms with Gasteiger partial charge in [-0.25, -0.2) is 0 Å². The van der Waals surface area contributed by atoms with E-state index in [-0.39, 0.29) is 12.8 Å². The van der Waals surface area contributed by atoms with Gasteiger partial charge in [0.15, 0.2) is 0 Å². The molecule has 0 amide bonds. The van der Waals surface area contributed by atoms with Crippen molar-refractivity contribution in [3.05, 3.63) is 102 Å². The summed E-state index contributed by atoms with van der Waals surface area (Å²) in [6, 6.07) is 28.1. The highest BCUT2D eigenvalue weighted by atomic mass is 16.4. The number of aryl methyl sites for hydroxylation is 1. The summed E-state index contributed by atoms with van der Waals surface area (Å²) in [5.41, 5.74) is 7.87. The Balaban J connectivity index is 1.70. The smallest absolute Gasteiger partial charge is 0.307 e. The van der Waals surface area contributed by atoms with E-state index in [4.69, 9.17) is 10.2 Å². The van der Waals surface area contributed by atoms with Crippen molar-refractivity contribution in [1.82, 2.24) is 4.57 Å². The Labute approximate surface area is 218 Å². The molecule has 37 heavy (non-hydrogen) atoms. The zero-order valence-corrected chi connectivity index (χ0v) is 21.2. The van der Waals surface area contributed by atoms with Gasteiger partial charge < -0.3 is 14.8 Å². The molecule has 0 fully saturated rings. The second-order valence-electron chi connectivity index (χ2n) is 9.45. The molecule has 2 N–H and O–H groups in total. The molecule has 3 aromatic carbocycles. The predicted octanol–water partition coefficient (Wildman–Crippen LogP) is 7.19. The van der Waals surface area contributed by atoms with Crippen LogP contribution in [0.4, 0.5) is 0 Å². The molecule has 0 unspecified atom stereocenters. The third-order valence-electron chi connectivity index (χ3n) is 6.60. The van der Waals surface area contributed by atoms with Crippen LogP contribution in [0.2, 0.25) is 0 Å². The van der Waals surface area contributed by atoms with Gasteiger partial charge in [-0.1, -0.05) is 86.8 Å². The lowest BCUT2D eigenvalue weighted by Gasteiger charge is -2.16. The lowest BCUT2D eigenvalue weighted by molar-refractivity contribution is -0.137. The molecule has 0 radical (unpaired) electrons. The summed E-state index contributed by atoms with van der Waals surface area (Å²) < 4.78 is 2.21. The number of carboxylic acids is 2. The second kappa shape index (κ2) is 12.2. The molecule has 0 aliphatic carbocycles. The summed E-state index contributed by atoms with van der Waals surface area (Å²) in [7, 11) is 0. The van der Waals surface area contributed by atoms with Crippen molar-refractivity contribution >= 4 is 11.9 Å². The van der Waals surface area contributed by atoms with E-state index in [0.29, 0.717) is 0 Å². The molecule has 0 saturated heterocycles. The number of aliphatic carboxylic acids is 2. The van der Waals surface area contributed by atoms with E-state index < -0.39 is 11.9 Å². The van der Waals surface area contributed by atoms with Crippen LogP contribution in [-0.4, -0.2) is 26.7 Å². The van der Waals surface area contributed by atoms with E-state index in [1.165, 1.54) is 31.2 Å². The van der Waals surface area contributed by atoms with Gasteiger partial charge in [-0.3, -0.25) is 9.59 Å². The first kappa shape index (κ1) is 26.0. The molecule has 4 aromatic rings. The third-order valence-corrected chi connectivity index (χ3v) is 6.60. The summed E-state index contributed by atoms with van der Waals surface area (Å²) in [4.78, 5) is 22.2. The van der Waals surface area contributed by atoms with E-state index in [2.05, 4.69) is 47.9 Å². The predicted molar refractivity (Wildman–Crippen MR) is 147 cm³/mol. The topological polar surface area (TPSA) is 79.5 Å². The van der Waals surface area contributed by atoms with E-state index >= 15 is 0 Å². The van der Waals surface area contributed by atoms with Crippen molar-refractivity contribution in [2.24, 2.45) is 0 Å². The Hall–Kier alpha value is -4.12. The Morgan fingerprint density at radius 3 is 1.49 bits per heavy atom. The van der Waals surface area contributed by atoms with Crippen LogP contribution in [0.25, 0.3) is 28.2 Å². The van der Waals surface area contributed by atoms with Crippen LogP contribution in [0, 0.1) is 0 Å². The first-order valence-corrected chi connectivity index (χ1v) is 12.9. The van der Waals surface area contributed by atoms with Crippen LogP contribution in [0.3, 0.4) is 0 Å². The lowest BCUT2D eigenvalue weighted by atomic mass is 10.0. The molecule has 5 nitrogen and oxygen atoms in total. The lowest BCUT2D eigenvalue weighted by Crippen LogP contribution is -2.02. The molecule has 5 heteroatoms. The maximum atomic E-state index is 11.1. The highest BCUT2D eigenvalue weighted by molar-refractivity contribution is 5.75. The highest BCUT2D eigenvalue weighted by Crippen LogP contribution is 2.33. The molecule has 190 valence electrons. The summed E-state index contributed by atoms with van der Waals surface area (Å²) in [6.07, 6.45) is 6.00. The van der Waals surface area contributed by atoms with Crippen LogP contribution in [-0.2, 0) is 28.9 Å². The van der Waals surface area contributed by atoms with Crippen molar-refractivity contribution in [3.8, 4) is 28.2 Å². The number of carbonyl (C=O) groups is 2. The number of nitrogens with zero attached hydrogens (tertiary/aromatic N) is 1. The van der Waals surface area contributed by atoms with Crippen molar-refractivity contribution in [3.63, 3.8) is 0 Å². The van der Waals surface area contributed by atoms with E-state index in [9.17, 15) is 9.59 Å². The fraction of sp³-hybridized carbons (Fsp3) is 0.250. The van der Waals surface area contributed by atoms with Gasteiger partial charge in [-0.15, -0.1) is 0 Å². The fourth-order valence-corrected chi connectivity index (χ4v) is 4.67. The van der Waals surface area contributed by atoms with E-state index in [0.717, 1.165) is 45.7 Å². The van der Waals surface area contributed by atoms with Crippen LogP contribution in [0.15, 0.2) is 84.9 Å². The van der Waals surface area contributed by atoms with Gasteiger partial charge in [0.05, 0.1) is 24.2 Å². The molecular formula is C32H33NO4. The van der Waals surface area contributed by atoms with Gasteiger partial charge in [-0.05, 0) is 64.9 Å². The number of aromatic nitrogens is 1. The molecule has 0 bridgehead atoms. The number of benzene rings is 3. The molecule has 1 aromatic heterocycles. The third kappa shape index (κ3) is 6.76. The van der Waals surface area contributed by atoms with Crippen molar-refractivity contribution in [2.75, 3.05) is 0 Å². The minimum absolute atomic E-state index is 0.00501. The number of hydrogen-bond acceptors (Lipinski definition) is 2. The van der Waals surface area contributed by atoms with Crippen LogP contribution in [0.5, 0.6) is 0 Å². The molecule has 0 spiro atoms. The Morgan fingerprint density at radius 1 is 0.595 bits per heavy atom. The standard InChI is InChI=1S/C32H33NO4/c1-2-3-4-5-6-23-11-17-28(18-12-23)33-29(26-13-7-24(8-14-26)21-31(34)35)19-20-30(33)27-15-9-25(10-16-27)22-32(36)37/h7-20H,2-6,21-22H2,1H3,(H,34,35)(H,36,37). The Morgan fingerprint density at radius 2 is 1.05 bits per heavy atom. The average molecular weight is 496 g/mol. The zero-order valence-electron chi connectivity index (χ0n) is 21.2. The summed E-state index contributed by atoms with van der Waals surface area (Å²) in [5.74, 6) is -1.70. The minimum Gasteiger partial charge on any atom is -0.481 e. The van der Waals surface area contributed by atoms with Gasteiger partial charge in [-0.2, -0.15) is 0 Å². The number of hydrogen-bond donors (Lipinski definition) is 2. The van der Waals surface area contributed by atoms with E-state index in [1.807, 2.05) is 48.5 Å². The van der Waals surface area contributed by atoms with Crippen LogP contribution < -0.4 is 0 Å². The minimum atomic E-state index is -0.848. The molecule has 0 saturated carbocycles. The molecule has 0 atom stereocenters. The van der Waals surface area contributed by atoms with Crippen molar-refractivity contribution in [1.29, 1.82) is 0 Å². The molecule has 0 aliphatic heterocycles. The second-order valence-corrected chi connectivity index (χ2v) is 9.45. The first-order chi connectivity index (χ1) is 17.9. The van der Waals surface area contributed by atoms with Crippen LogP contribution >= 0.6 is 0 Å². The molecule has 4 rings (SSSR count). The first-order valence-electron chi connectivity index (χ1n) is 12.9. The van der Waals surface area contributed by atoms with Gasteiger partial charge in [0.1, 0.15) is 0 Å². The largest absolute Gasteiger partial charge is 0.481 e. The number of rotatable bonds is 12. The van der Waals surface area contributed by atoms with Crippen molar-refractivity contribution < 1.29 is 19.8 Å². The fourth-order valence-electron chi connectivity index (χ4n) is 4.67. The van der Waals surface area contributed by atoms with Gasteiger partial charge in [0.2, 0.25) is 0 Å². The normalized spacial score (nSPS) is 10.9. The molecular weight excluding hydrogens is 462 g/mol. The zero-order chi connectivity index (χ0) is 26.2. The molecule has 0 aliphatic rings. The van der Waals surface area contributed by atoms with Crippen molar-refractivity contribution in [2.45, 2.75) is 51.9 Å². The summed E-state index contributed by atoms with van der Waals surface area (Å²) >= 11 is 0. The number of unbranched alkanes of at least 4 members (excludes halogenated alkanes) is 3. The molecule has 1 heterocycles. The Bertz CT molecular complexity index is 1260. The summed E-state index contributed by atoms with van der Waals surface area (Å²) in [6.45, 7) is 2.22. The average Bonchev–Trinajstić information content (AvgIpc) is 3.32. The summed E-state index contributed by atoms with van der Waals surface area (Å²) in [5, 5.41) is 18.2. The van der Waals surface area contributed by atoms with Gasteiger partial charge in [0, 0.05) is 5.69 Å². The van der Waals surface area contributed by atoms with Gasteiger partial charge in [0.25, 0.3) is 0 Å². The maximum absolute atomic E-state index is 11.1. The number of carboxylic acid groups (broad SMARTS) is 2.